The number of likely N-dealkylation sites (tertiary alicyclic amines) is 1. The lowest BCUT2D eigenvalue weighted by atomic mass is 10.1. The zero-order valence-corrected chi connectivity index (χ0v) is 15.4. The van der Waals surface area contributed by atoms with Crippen molar-refractivity contribution in [1.29, 1.82) is 0 Å². The quantitative estimate of drug-likeness (QED) is 0.707. The van der Waals surface area contributed by atoms with Gasteiger partial charge in [-0.05, 0) is 37.1 Å². The lowest BCUT2D eigenvalue weighted by Gasteiger charge is -2.19. The van der Waals surface area contributed by atoms with Crippen LogP contribution >= 0.6 is 0 Å². The molecular formula is C22H21FN2O3. The number of amides is 2. The number of para-hydroxylation sites is 1. The van der Waals surface area contributed by atoms with Gasteiger partial charge in [0.15, 0.2) is 0 Å². The summed E-state index contributed by atoms with van der Waals surface area (Å²) in [6.45, 7) is 1.33. The predicted molar refractivity (Wildman–Crippen MR) is 105 cm³/mol. The molecule has 1 aromatic heterocycles. The molecule has 0 saturated carbocycles. The SMILES string of the molecule is O=C(Nc1c(C(=O)N2CCCCCC2)oc2ccccc12)c1ccccc1F. The van der Waals surface area contributed by atoms with Crippen molar-refractivity contribution in [2.45, 2.75) is 25.7 Å². The minimum atomic E-state index is -0.617. The van der Waals surface area contributed by atoms with E-state index in [1.807, 2.05) is 0 Å². The summed E-state index contributed by atoms with van der Waals surface area (Å²) in [6.07, 6.45) is 4.09. The first kappa shape index (κ1) is 18.2. The van der Waals surface area contributed by atoms with Gasteiger partial charge in [0.2, 0.25) is 5.76 Å². The summed E-state index contributed by atoms with van der Waals surface area (Å²) < 4.78 is 19.8. The minimum Gasteiger partial charge on any atom is -0.449 e. The molecule has 1 aliphatic heterocycles. The van der Waals surface area contributed by atoms with Crippen LogP contribution in [0.15, 0.2) is 52.9 Å². The van der Waals surface area contributed by atoms with Gasteiger partial charge in [-0.15, -0.1) is 0 Å². The highest BCUT2D eigenvalue weighted by Crippen LogP contribution is 2.32. The second kappa shape index (κ2) is 7.84. The van der Waals surface area contributed by atoms with Crippen LogP contribution in [0.1, 0.15) is 46.6 Å². The molecule has 0 aliphatic carbocycles. The Morgan fingerprint density at radius 3 is 2.36 bits per heavy atom. The second-order valence-electron chi connectivity index (χ2n) is 6.94. The molecule has 0 unspecified atom stereocenters. The van der Waals surface area contributed by atoms with Crippen LogP contribution < -0.4 is 5.32 Å². The van der Waals surface area contributed by atoms with Crippen LogP contribution in [0.25, 0.3) is 11.0 Å². The maximum atomic E-state index is 14.0. The van der Waals surface area contributed by atoms with Crippen LogP contribution in [-0.4, -0.2) is 29.8 Å². The number of anilines is 1. The largest absolute Gasteiger partial charge is 0.449 e. The summed E-state index contributed by atoms with van der Waals surface area (Å²) in [4.78, 5) is 27.6. The fourth-order valence-corrected chi connectivity index (χ4v) is 3.56. The van der Waals surface area contributed by atoms with Gasteiger partial charge in [0.1, 0.15) is 17.1 Å². The fraction of sp³-hybridized carbons (Fsp3) is 0.273. The highest BCUT2D eigenvalue weighted by atomic mass is 19.1. The maximum absolute atomic E-state index is 14.0. The summed E-state index contributed by atoms with van der Waals surface area (Å²) in [7, 11) is 0. The molecule has 2 aromatic carbocycles. The molecule has 5 nitrogen and oxygen atoms in total. The molecule has 3 aromatic rings. The van der Waals surface area contributed by atoms with E-state index >= 15 is 0 Å². The molecule has 144 valence electrons. The zero-order chi connectivity index (χ0) is 19.5. The van der Waals surface area contributed by atoms with Crippen LogP contribution in [-0.2, 0) is 0 Å². The highest BCUT2D eigenvalue weighted by Gasteiger charge is 2.27. The third-order valence-electron chi connectivity index (χ3n) is 5.04. The van der Waals surface area contributed by atoms with Crippen LogP contribution in [0.3, 0.4) is 0 Å². The van der Waals surface area contributed by atoms with Crippen LogP contribution in [0.5, 0.6) is 0 Å². The van der Waals surface area contributed by atoms with Gasteiger partial charge in [0, 0.05) is 18.5 Å². The van der Waals surface area contributed by atoms with Crippen molar-refractivity contribution in [3.63, 3.8) is 0 Å². The number of nitrogens with zero attached hydrogens (tertiary/aromatic N) is 1. The smallest absolute Gasteiger partial charge is 0.291 e. The van der Waals surface area contributed by atoms with E-state index in [1.54, 1.807) is 35.2 Å². The summed E-state index contributed by atoms with van der Waals surface area (Å²) in [6, 6.07) is 12.9. The monoisotopic (exact) mass is 380 g/mol. The van der Waals surface area contributed by atoms with Crippen molar-refractivity contribution < 1.29 is 18.4 Å². The van der Waals surface area contributed by atoms with Crippen LogP contribution in [0.4, 0.5) is 10.1 Å². The fourth-order valence-electron chi connectivity index (χ4n) is 3.56. The molecule has 4 rings (SSSR count). The van der Waals surface area contributed by atoms with Gasteiger partial charge in [-0.2, -0.15) is 0 Å². The van der Waals surface area contributed by atoms with E-state index in [1.165, 1.54) is 18.2 Å². The lowest BCUT2D eigenvalue weighted by molar-refractivity contribution is 0.0733. The molecule has 1 fully saturated rings. The molecule has 2 heterocycles. The van der Waals surface area contributed by atoms with E-state index < -0.39 is 11.7 Å². The number of carbonyl (C=O) groups excluding carboxylic acids is 2. The van der Waals surface area contributed by atoms with Gasteiger partial charge >= 0.3 is 0 Å². The Morgan fingerprint density at radius 1 is 0.929 bits per heavy atom. The van der Waals surface area contributed by atoms with Gasteiger partial charge in [0.25, 0.3) is 11.8 Å². The molecule has 0 radical (unpaired) electrons. The van der Waals surface area contributed by atoms with Crippen molar-refractivity contribution in [3.05, 3.63) is 65.7 Å². The van der Waals surface area contributed by atoms with Crippen molar-refractivity contribution in [1.82, 2.24) is 4.90 Å². The number of rotatable bonds is 3. The van der Waals surface area contributed by atoms with E-state index in [0.29, 0.717) is 24.1 Å². The average Bonchev–Trinajstić information content (AvgIpc) is 2.88. The number of hydrogen-bond donors (Lipinski definition) is 1. The molecule has 2 amide bonds. The number of fused-ring (bicyclic) bond motifs is 1. The van der Waals surface area contributed by atoms with Gasteiger partial charge in [-0.25, -0.2) is 4.39 Å². The Bertz CT molecular complexity index is 1020. The molecule has 0 spiro atoms. The zero-order valence-electron chi connectivity index (χ0n) is 15.4. The number of furan rings is 1. The summed E-state index contributed by atoms with van der Waals surface area (Å²) in [5.74, 6) is -1.39. The van der Waals surface area contributed by atoms with Crippen molar-refractivity contribution in [2.75, 3.05) is 18.4 Å². The Labute approximate surface area is 162 Å². The Balaban J connectivity index is 1.72. The first-order valence-corrected chi connectivity index (χ1v) is 9.52. The van der Waals surface area contributed by atoms with E-state index in [4.69, 9.17) is 4.42 Å². The first-order valence-electron chi connectivity index (χ1n) is 9.52. The molecule has 1 saturated heterocycles. The van der Waals surface area contributed by atoms with Gasteiger partial charge in [0.05, 0.1) is 5.56 Å². The summed E-state index contributed by atoms with van der Waals surface area (Å²) in [5.41, 5.74) is 0.712. The number of halogens is 1. The number of carbonyl (C=O) groups is 2. The highest BCUT2D eigenvalue weighted by molar-refractivity contribution is 6.14. The van der Waals surface area contributed by atoms with Gasteiger partial charge in [-0.3, -0.25) is 9.59 Å². The number of benzene rings is 2. The Morgan fingerprint density at radius 2 is 1.61 bits per heavy atom. The molecule has 0 bridgehead atoms. The van der Waals surface area contributed by atoms with Gasteiger partial charge in [-0.1, -0.05) is 37.1 Å². The minimum absolute atomic E-state index is 0.0825. The Kier molecular flexibility index (Phi) is 5.10. The number of nitrogens with one attached hydrogen (secondary N) is 1. The maximum Gasteiger partial charge on any atom is 0.291 e. The molecule has 28 heavy (non-hydrogen) atoms. The van der Waals surface area contributed by atoms with E-state index in [9.17, 15) is 14.0 Å². The lowest BCUT2D eigenvalue weighted by Crippen LogP contribution is -2.32. The third kappa shape index (κ3) is 3.50. The normalized spacial score (nSPS) is 14.7. The molecule has 1 aliphatic rings. The van der Waals surface area contributed by atoms with Crippen molar-refractivity contribution in [2.24, 2.45) is 0 Å². The van der Waals surface area contributed by atoms with Gasteiger partial charge < -0.3 is 14.6 Å². The molecule has 1 N–H and O–H groups in total. The number of hydrogen-bond acceptors (Lipinski definition) is 3. The first-order chi connectivity index (χ1) is 13.6. The summed E-state index contributed by atoms with van der Waals surface area (Å²) >= 11 is 0. The molecule has 6 heteroatoms. The standard InChI is InChI=1S/C22H21FN2O3/c23-17-11-5-3-9-15(17)21(26)24-19-16-10-4-6-12-18(16)28-20(19)22(27)25-13-7-1-2-8-14-25/h3-6,9-12H,1-2,7-8,13-14H2,(H,24,26). The van der Waals surface area contributed by atoms with Crippen LogP contribution in [0, 0.1) is 5.82 Å². The second-order valence-corrected chi connectivity index (χ2v) is 6.94. The summed E-state index contributed by atoms with van der Waals surface area (Å²) in [5, 5.41) is 3.32. The molecule has 0 atom stereocenters. The topological polar surface area (TPSA) is 62.6 Å². The Hall–Kier alpha value is -3.15. The van der Waals surface area contributed by atoms with E-state index in [0.717, 1.165) is 25.7 Å². The van der Waals surface area contributed by atoms with Crippen LogP contribution in [0.2, 0.25) is 0 Å². The third-order valence-corrected chi connectivity index (χ3v) is 5.04. The van der Waals surface area contributed by atoms with Crippen molar-refractivity contribution >= 4 is 28.5 Å². The molecular weight excluding hydrogens is 359 g/mol. The van der Waals surface area contributed by atoms with Crippen molar-refractivity contribution in [3.8, 4) is 0 Å². The van der Waals surface area contributed by atoms with E-state index in [-0.39, 0.29) is 22.9 Å². The average molecular weight is 380 g/mol. The predicted octanol–water partition coefficient (Wildman–Crippen LogP) is 4.84. The van der Waals surface area contributed by atoms with E-state index in [2.05, 4.69) is 5.32 Å².